The number of rotatable bonds is 4. The minimum absolute atomic E-state index is 0.218. The van der Waals surface area contributed by atoms with Crippen LogP contribution in [0, 0.1) is 5.82 Å². The molecule has 0 aliphatic carbocycles. The Kier molecular flexibility index (Phi) is 5.10. The smallest absolute Gasteiger partial charge is 0.416 e. The zero-order chi connectivity index (χ0) is 16.9. The van der Waals surface area contributed by atoms with E-state index in [1.165, 1.54) is 43.8 Å². The first-order valence-corrected chi connectivity index (χ1v) is 6.47. The quantitative estimate of drug-likeness (QED) is 0.469. The highest BCUT2D eigenvalue weighted by atomic mass is 19.4. The summed E-state index contributed by atoms with van der Waals surface area (Å²) in [5.74, 6) is -0.134. The van der Waals surface area contributed by atoms with Crippen molar-refractivity contribution in [3.05, 3.63) is 65.0 Å². The van der Waals surface area contributed by atoms with Gasteiger partial charge >= 0.3 is 6.18 Å². The summed E-state index contributed by atoms with van der Waals surface area (Å²) in [6, 6.07) is 8.71. The summed E-state index contributed by atoms with van der Waals surface area (Å²) in [6.07, 6.45) is -1.90. The van der Waals surface area contributed by atoms with E-state index in [0.29, 0.717) is 11.3 Å². The van der Waals surface area contributed by atoms with Crippen LogP contribution in [-0.4, -0.2) is 19.5 Å². The molecule has 120 valence electrons. The first-order chi connectivity index (χ1) is 10.9. The van der Waals surface area contributed by atoms with Crippen LogP contribution in [0.4, 0.5) is 17.6 Å². The first kappa shape index (κ1) is 16.7. The number of nitrogens with zero attached hydrogens (tertiary/aromatic N) is 2. The zero-order valence-corrected chi connectivity index (χ0v) is 12.0. The Labute approximate surface area is 129 Å². The van der Waals surface area contributed by atoms with Crippen molar-refractivity contribution in [1.82, 2.24) is 0 Å². The van der Waals surface area contributed by atoms with Crippen molar-refractivity contribution in [3.8, 4) is 5.75 Å². The van der Waals surface area contributed by atoms with Crippen LogP contribution < -0.4 is 4.74 Å². The van der Waals surface area contributed by atoms with Crippen LogP contribution in [0.25, 0.3) is 0 Å². The van der Waals surface area contributed by atoms with Gasteiger partial charge in [-0.05, 0) is 29.8 Å². The molecule has 0 unspecified atom stereocenters. The number of benzene rings is 2. The summed E-state index contributed by atoms with van der Waals surface area (Å²) in [7, 11) is 1.43. The summed E-state index contributed by atoms with van der Waals surface area (Å²) < 4.78 is 55.7. The topological polar surface area (TPSA) is 34.0 Å². The lowest BCUT2D eigenvalue weighted by molar-refractivity contribution is -0.137. The molecule has 3 nitrogen and oxygen atoms in total. The molecule has 2 aromatic carbocycles. The summed E-state index contributed by atoms with van der Waals surface area (Å²) in [5.41, 5.74) is -0.0702. The van der Waals surface area contributed by atoms with Crippen LogP contribution in [0.1, 0.15) is 16.7 Å². The van der Waals surface area contributed by atoms with E-state index >= 15 is 0 Å². The highest BCUT2D eigenvalue weighted by molar-refractivity contribution is 5.83. The lowest BCUT2D eigenvalue weighted by atomic mass is 10.1. The number of methoxy groups -OCH3 is 1. The van der Waals surface area contributed by atoms with Gasteiger partial charge < -0.3 is 4.74 Å². The van der Waals surface area contributed by atoms with E-state index in [9.17, 15) is 17.6 Å². The van der Waals surface area contributed by atoms with E-state index in [1.54, 1.807) is 6.07 Å². The highest BCUT2D eigenvalue weighted by Gasteiger charge is 2.29. The van der Waals surface area contributed by atoms with E-state index in [4.69, 9.17) is 4.74 Å². The second-order valence-electron chi connectivity index (χ2n) is 4.50. The van der Waals surface area contributed by atoms with E-state index in [2.05, 4.69) is 10.2 Å². The molecule has 0 aromatic heterocycles. The lowest BCUT2D eigenvalue weighted by Gasteiger charge is -2.05. The van der Waals surface area contributed by atoms with E-state index in [-0.39, 0.29) is 5.56 Å². The van der Waals surface area contributed by atoms with Crippen LogP contribution in [0.2, 0.25) is 0 Å². The van der Waals surface area contributed by atoms with Crippen LogP contribution >= 0.6 is 0 Å². The number of halogens is 4. The maximum Gasteiger partial charge on any atom is 0.416 e. The average Bonchev–Trinajstić information content (AvgIpc) is 2.52. The van der Waals surface area contributed by atoms with E-state index < -0.39 is 17.6 Å². The standard InChI is InChI=1S/C16H12F4N2O/c1-23-14-7-4-12(15(17)8-14)10-22-21-9-11-2-5-13(6-3-11)16(18,19)20/h2-10H,1H3/b21-9+,22-10+. The van der Waals surface area contributed by atoms with Gasteiger partial charge in [0.2, 0.25) is 0 Å². The van der Waals surface area contributed by atoms with Crippen molar-refractivity contribution in [1.29, 1.82) is 0 Å². The second-order valence-corrected chi connectivity index (χ2v) is 4.50. The van der Waals surface area contributed by atoms with Crippen LogP contribution in [-0.2, 0) is 6.18 Å². The molecule has 0 heterocycles. The maximum atomic E-state index is 13.6. The van der Waals surface area contributed by atoms with E-state index in [0.717, 1.165) is 12.1 Å². The van der Waals surface area contributed by atoms with E-state index in [1.807, 2.05) is 0 Å². The van der Waals surface area contributed by atoms with Crippen molar-refractivity contribution in [3.63, 3.8) is 0 Å². The molecule has 0 atom stereocenters. The molecule has 0 bridgehead atoms. The van der Waals surface area contributed by atoms with Crippen molar-refractivity contribution in [2.45, 2.75) is 6.18 Å². The third-order valence-electron chi connectivity index (χ3n) is 2.92. The lowest BCUT2D eigenvalue weighted by Crippen LogP contribution is -2.04. The molecule has 2 rings (SSSR count). The fourth-order valence-corrected chi connectivity index (χ4v) is 1.69. The summed E-state index contributed by atoms with van der Waals surface area (Å²) in [6.45, 7) is 0. The van der Waals surface area contributed by atoms with Gasteiger partial charge in [-0.3, -0.25) is 0 Å². The Hall–Kier alpha value is -2.70. The molecule has 2 aromatic rings. The minimum atomic E-state index is -4.38. The van der Waals surface area contributed by atoms with Gasteiger partial charge in [0.1, 0.15) is 11.6 Å². The fourth-order valence-electron chi connectivity index (χ4n) is 1.69. The molecule has 0 spiro atoms. The molecule has 0 aliphatic heterocycles. The Morgan fingerprint density at radius 2 is 1.61 bits per heavy atom. The Bertz CT molecular complexity index is 722. The predicted octanol–water partition coefficient (Wildman–Crippen LogP) is 4.31. The molecule has 0 radical (unpaired) electrons. The van der Waals surface area contributed by atoms with Gasteiger partial charge in [0, 0.05) is 11.6 Å². The Morgan fingerprint density at radius 1 is 0.957 bits per heavy atom. The molecule has 0 N–H and O–H groups in total. The van der Waals surface area contributed by atoms with Crippen molar-refractivity contribution >= 4 is 12.4 Å². The fraction of sp³-hybridized carbons (Fsp3) is 0.125. The van der Waals surface area contributed by atoms with Gasteiger partial charge in [0.05, 0.1) is 25.1 Å². The molecule has 0 aliphatic rings. The number of hydrogen-bond donors (Lipinski definition) is 0. The van der Waals surface area contributed by atoms with Crippen molar-refractivity contribution < 1.29 is 22.3 Å². The summed E-state index contributed by atoms with van der Waals surface area (Å²) in [5, 5.41) is 7.34. The summed E-state index contributed by atoms with van der Waals surface area (Å²) >= 11 is 0. The Morgan fingerprint density at radius 3 is 2.17 bits per heavy atom. The average molecular weight is 324 g/mol. The Balaban J connectivity index is 2.04. The monoisotopic (exact) mass is 324 g/mol. The number of alkyl halides is 3. The van der Waals surface area contributed by atoms with Gasteiger partial charge in [-0.25, -0.2) is 4.39 Å². The SMILES string of the molecule is COc1ccc(/C=N/N=C/c2ccc(C(F)(F)F)cc2)c(F)c1. The van der Waals surface area contributed by atoms with Gasteiger partial charge in [0.15, 0.2) is 0 Å². The number of ether oxygens (including phenoxy) is 1. The number of hydrogen-bond acceptors (Lipinski definition) is 3. The highest BCUT2D eigenvalue weighted by Crippen LogP contribution is 2.28. The molecule has 0 saturated carbocycles. The van der Waals surface area contributed by atoms with Gasteiger partial charge in [-0.15, -0.1) is 0 Å². The third-order valence-corrected chi connectivity index (χ3v) is 2.92. The molecular weight excluding hydrogens is 312 g/mol. The van der Waals surface area contributed by atoms with Gasteiger partial charge in [-0.1, -0.05) is 12.1 Å². The second kappa shape index (κ2) is 7.04. The molecule has 23 heavy (non-hydrogen) atoms. The van der Waals surface area contributed by atoms with Crippen molar-refractivity contribution in [2.24, 2.45) is 10.2 Å². The molecule has 0 amide bonds. The van der Waals surface area contributed by atoms with Crippen LogP contribution in [0.15, 0.2) is 52.7 Å². The minimum Gasteiger partial charge on any atom is -0.497 e. The molecule has 0 fully saturated rings. The van der Waals surface area contributed by atoms with Crippen molar-refractivity contribution in [2.75, 3.05) is 7.11 Å². The third kappa shape index (κ3) is 4.64. The summed E-state index contributed by atoms with van der Waals surface area (Å²) in [4.78, 5) is 0. The zero-order valence-electron chi connectivity index (χ0n) is 12.0. The van der Waals surface area contributed by atoms with Gasteiger partial charge in [-0.2, -0.15) is 23.4 Å². The normalized spacial score (nSPS) is 12.2. The van der Waals surface area contributed by atoms with Gasteiger partial charge in [0.25, 0.3) is 0 Å². The first-order valence-electron chi connectivity index (χ1n) is 6.47. The molecule has 7 heteroatoms. The maximum absolute atomic E-state index is 13.6. The van der Waals surface area contributed by atoms with Crippen LogP contribution in [0.3, 0.4) is 0 Å². The predicted molar refractivity (Wildman–Crippen MR) is 79.6 cm³/mol. The largest absolute Gasteiger partial charge is 0.497 e. The molecule has 0 saturated heterocycles. The van der Waals surface area contributed by atoms with Crippen LogP contribution in [0.5, 0.6) is 5.75 Å². The molecular formula is C16H12F4N2O.